The van der Waals surface area contributed by atoms with Crippen molar-refractivity contribution >= 4 is 18.0 Å². The Morgan fingerprint density at radius 2 is 1.58 bits per heavy atom. The SMILES string of the molecule is COC[C@H](NC(=O)C(CNC(=O)OCC1c2ccccc2-c2ccccc21)C(C)C)C(=O)O. The van der Waals surface area contributed by atoms with E-state index in [1.165, 1.54) is 7.11 Å². The van der Waals surface area contributed by atoms with Gasteiger partial charge in [0.25, 0.3) is 0 Å². The molecule has 1 aliphatic carbocycles. The molecule has 0 saturated heterocycles. The van der Waals surface area contributed by atoms with Gasteiger partial charge >= 0.3 is 12.1 Å². The van der Waals surface area contributed by atoms with Crippen molar-refractivity contribution in [3.63, 3.8) is 0 Å². The van der Waals surface area contributed by atoms with Crippen molar-refractivity contribution in [2.24, 2.45) is 11.8 Å². The van der Waals surface area contributed by atoms with Crippen LogP contribution in [0.2, 0.25) is 0 Å². The van der Waals surface area contributed by atoms with Crippen LogP contribution in [0.1, 0.15) is 30.9 Å². The molecule has 2 aromatic carbocycles. The number of nitrogens with one attached hydrogen (secondary N) is 2. The van der Waals surface area contributed by atoms with Crippen LogP contribution >= 0.6 is 0 Å². The predicted molar refractivity (Wildman–Crippen MR) is 123 cm³/mol. The number of hydrogen-bond acceptors (Lipinski definition) is 5. The Labute approximate surface area is 193 Å². The number of alkyl carbamates (subject to hydrolysis) is 1. The van der Waals surface area contributed by atoms with E-state index in [2.05, 4.69) is 22.8 Å². The van der Waals surface area contributed by atoms with Gasteiger partial charge in [-0.1, -0.05) is 62.4 Å². The standard InChI is InChI=1S/C25H30N2O6/c1-15(2)20(23(28)27-22(14-32-3)24(29)30)12-26-25(31)33-13-21-18-10-6-4-8-16(18)17-9-5-7-11-19(17)21/h4-11,15,20-22H,12-14H2,1-3H3,(H,26,31)(H,27,28)(H,29,30)/t20?,22-/m0/s1. The number of carbonyl (C=O) groups is 3. The van der Waals surface area contributed by atoms with Crippen LogP contribution < -0.4 is 10.6 Å². The number of rotatable bonds is 10. The van der Waals surface area contributed by atoms with Crippen LogP contribution in [0.25, 0.3) is 11.1 Å². The van der Waals surface area contributed by atoms with Crippen molar-refractivity contribution in [3.8, 4) is 11.1 Å². The van der Waals surface area contributed by atoms with Gasteiger partial charge < -0.3 is 25.2 Å². The number of benzene rings is 2. The van der Waals surface area contributed by atoms with Crippen molar-refractivity contribution in [2.75, 3.05) is 26.9 Å². The minimum Gasteiger partial charge on any atom is -0.480 e. The fraction of sp³-hybridized carbons (Fsp3) is 0.400. The molecule has 0 fully saturated rings. The fourth-order valence-electron chi connectivity index (χ4n) is 4.09. The van der Waals surface area contributed by atoms with E-state index >= 15 is 0 Å². The second kappa shape index (κ2) is 11.0. The summed E-state index contributed by atoms with van der Waals surface area (Å²) < 4.78 is 10.4. The third-order valence-electron chi connectivity index (χ3n) is 5.90. The van der Waals surface area contributed by atoms with Crippen molar-refractivity contribution < 1.29 is 29.0 Å². The Bertz CT molecular complexity index is 960. The van der Waals surface area contributed by atoms with Crippen LogP contribution in [0.4, 0.5) is 4.79 Å². The molecule has 176 valence electrons. The summed E-state index contributed by atoms with van der Waals surface area (Å²) in [7, 11) is 1.36. The third-order valence-corrected chi connectivity index (χ3v) is 5.90. The average molecular weight is 455 g/mol. The highest BCUT2D eigenvalue weighted by Crippen LogP contribution is 2.44. The second-order valence-corrected chi connectivity index (χ2v) is 8.41. The molecule has 0 radical (unpaired) electrons. The molecule has 0 aliphatic heterocycles. The molecule has 2 aromatic rings. The van der Waals surface area contributed by atoms with Crippen molar-refractivity contribution in [2.45, 2.75) is 25.8 Å². The lowest BCUT2D eigenvalue weighted by atomic mass is 9.94. The summed E-state index contributed by atoms with van der Waals surface area (Å²) in [6, 6.07) is 15.0. The second-order valence-electron chi connectivity index (χ2n) is 8.41. The number of ether oxygens (including phenoxy) is 2. The molecular formula is C25H30N2O6. The van der Waals surface area contributed by atoms with Crippen LogP contribution in [0, 0.1) is 11.8 Å². The Kier molecular flexibility index (Phi) is 8.06. The maximum absolute atomic E-state index is 12.6. The molecule has 0 aromatic heterocycles. The van der Waals surface area contributed by atoms with Crippen LogP contribution in [0.15, 0.2) is 48.5 Å². The first kappa shape index (κ1) is 24.3. The number of aliphatic carboxylic acids is 1. The lowest BCUT2D eigenvalue weighted by Crippen LogP contribution is -2.49. The maximum Gasteiger partial charge on any atom is 0.407 e. The van der Waals surface area contributed by atoms with E-state index in [0.717, 1.165) is 22.3 Å². The van der Waals surface area contributed by atoms with Gasteiger partial charge in [0.1, 0.15) is 6.61 Å². The molecule has 3 rings (SSSR count). The van der Waals surface area contributed by atoms with Gasteiger partial charge in [0, 0.05) is 19.6 Å². The van der Waals surface area contributed by atoms with Gasteiger partial charge in [-0.25, -0.2) is 9.59 Å². The van der Waals surface area contributed by atoms with Crippen LogP contribution in [0.5, 0.6) is 0 Å². The predicted octanol–water partition coefficient (Wildman–Crippen LogP) is 3.01. The summed E-state index contributed by atoms with van der Waals surface area (Å²) in [6.07, 6.45) is -0.623. The largest absolute Gasteiger partial charge is 0.480 e. The fourth-order valence-corrected chi connectivity index (χ4v) is 4.09. The van der Waals surface area contributed by atoms with E-state index in [9.17, 15) is 19.5 Å². The first-order valence-corrected chi connectivity index (χ1v) is 10.9. The lowest BCUT2D eigenvalue weighted by Gasteiger charge is -2.23. The van der Waals surface area contributed by atoms with E-state index in [0.29, 0.717) is 0 Å². The molecule has 1 aliphatic rings. The number of methoxy groups -OCH3 is 1. The zero-order chi connectivity index (χ0) is 24.0. The zero-order valence-corrected chi connectivity index (χ0v) is 19.0. The molecule has 1 unspecified atom stereocenters. The van der Waals surface area contributed by atoms with E-state index in [1.807, 2.05) is 50.2 Å². The van der Waals surface area contributed by atoms with Crippen LogP contribution in [-0.4, -0.2) is 56.0 Å². The average Bonchev–Trinajstić information content (AvgIpc) is 3.11. The normalized spacial score (nSPS) is 14.2. The minimum absolute atomic E-state index is 0.0273. The number of hydrogen-bond donors (Lipinski definition) is 3. The molecule has 0 spiro atoms. The van der Waals surface area contributed by atoms with Crippen LogP contribution in [0.3, 0.4) is 0 Å². The third kappa shape index (κ3) is 5.70. The van der Waals surface area contributed by atoms with Gasteiger partial charge in [0.05, 0.1) is 12.5 Å². The first-order chi connectivity index (χ1) is 15.8. The number of fused-ring (bicyclic) bond motifs is 3. The van der Waals surface area contributed by atoms with Crippen molar-refractivity contribution in [1.29, 1.82) is 0 Å². The molecule has 8 heteroatoms. The highest BCUT2D eigenvalue weighted by molar-refractivity contribution is 5.85. The Balaban J connectivity index is 1.58. The molecule has 0 heterocycles. The summed E-state index contributed by atoms with van der Waals surface area (Å²) in [5, 5.41) is 14.3. The van der Waals surface area contributed by atoms with Gasteiger partial charge in [0.15, 0.2) is 6.04 Å². The summed E-state index contributed by atoms with van der Waals surface area (Å²) in [4.78, 5) is 36.3. The molecule has 3 N–H and O–H groups in total. The van der Waals surface area contributed by atoms with E-state index in [1.54, 1.807) is 0 Å². The zero-order valence-electron chi connectivity index (χ0n) is 19.0. The highest BCUT2D eigenvalue weighted by Gasteiger charge is 2.30. The molecular weight excluding hydrogens is 424 g/mol. The first-order valence-electron chi connectivity index (χ1n) is 10.9. The van der Waals surface area contributed by atoms with E-state index in [4.69, 9.17) is 9.47 Å². The monoisotopic (exact) mass is 454 g/mol. The molecule has 8 nitrogen and oxygen atoms in total. The molecule has 0 saturated carbocycles. The lowest BCUT2D eigenvalue weighted by molar-refractivity contribution is -0.144. The Hall–Kier alpha value is -3.39. The number of amides is 2. The Morgan fingerprint density at radius 3 is 2.09 bits per heavy atom. The van der Waals surface area contributed by atoms with Crippen molar-refractivity contribution in [3.05, 3.63) is 59.7 Å². The summed E-state index contributed by atoms with van der Waals surface area (Å²) in [5.41, 5.74) is 4.51. The van der Waals surface area contributed by atoms with Gasteiger partial charge in [-0.2, -0.15) is 0 Å². The summed E-state index contributed by atoms with van der Waals surface area (Å²) >= 11 is 0. The van der Waals surface area contributed by atoms with Gasteiger partial charge in [-0.15, -0.1) is 0 Å². The Morgan fingerprint density at radius 1 is 1.00 bits per heavy atom. The molecule has 2 atom stereocenters. The highest BCUT2D eigenvalue weighted by atomic mass is 16.5. The van der Waals surface area contributed by atoms with E-state index < -0.39 is 29.9 Å². The quantitative estimate of drug-likeness (QED) is 0.509. The van der Waals surface area contributed by atoms with Gasteiger partial charge in [-0.05, 0) is 28.2 Å². The van der Waals surface area contributed by atoms with Crippen molar-refractivity contribution in [1.82, 2.24) is 10.6 Å². The molecule has 0 bridgehead atoms. The summed E-state index contributed by atoms with van der Waals surface area (Å²) in [6.45, 7) is 3.71. The minimum atomic E-state index is -1.18. The van der Waals surface area contributed by atoms with Gasteiger partial charge in [-0.3, -0.25) is 4.79 Å². The number of carbonyl (C=O) groups excluding carboxylic acids is 2. The molecule has 33 heavy (non-hydrogen) atoms. The topological polar surface area (TPSA) is 114 Å². The maximum atomic E-state index is 12.6. The van der Waals surface area contributed by atoms with E-state index in [-0.39, 0.29) is 31.6 Å². The van der Waals surface area contributed by atoms with Crippen LogP contribution in [-0.2, 0) is 19.1 Å². The smallest absolute Gasteiger partial charge is 0.407 e. The summed E-state index contributed by atoms with van der Waals surface area (Å²) in [5.74, 6) is -2.46. The number of carboxylic acid groups (broad SMARTS) is 1. The molecule has 2 amide bonds. The van der Waals surface area contributed by atoms with Gasteiger partial charge in [0.2, 0.25) is 5.91 Å². The number of carboxylic acids is 1.